The van der Waals surface area contributed by atoms with Gasteiger partial charge in [-0.3, -0.25) is 28.8 Å². The first-order valence-electron chi connectivity index (χ1n) is 13.8. The molecular formula is C33H30O12. The number of carbonyl (C=O) groups excluding carboxylic acids is 6. The lowest BCUT2D eigenvalue weighted by molar-refractivity contribution is -0.134. The van der Waals surface area contributed by atoms with Gasteiger partial charge in [-0.15, -0.1) is 0 Å². The monoisotopic (exact) mass is 618 g/mol. The van der Waals surface area contributed by atoms with Gasteiger partial charge in [0.2, 0.25) is 0 Å². The Morgan fingerprint density at radius 2 is 0.467 bits per heavy atom. The highest BCUT2D eigenvalue weighted by Crippen LogP contribution is 2.41. The lowest BCUT2D eigenvalue weighted by Crippen LogP contribution is -2.10. The zero-order valence-electron chi connectivity index (χ0n) is 25.5. The summed E-state index contributed by atoms with van der Waals surface area (Å²) in [5.41, 5.74) is 3.94. The van der Waals surface area contributed by atoms with Gasteiger partial charge in [0.1, 0.15) is 0 Å². The molecule has 0 heterocycles. The summed E-state index contributed by atoms with van der Waals surface area (Å²) in [6, 6.07) is 9.47. The van der Waals surface area contributed by atoms with Crippen LogP contribution >= 0.6 is 0 Å². The molecule has 0 bridgehead atoms. The Morgan fingerprint density at radius 1 is 0.333 bits per heavy atom. The first-order chi connectivity index (χ1) is 21.2. The maximum Gasteiger partial charge on any atom is 0.308 e. The second kappa shape index (κ2) is 13.4. The largest absolute Gasteiger partial charge is 0.423 e. The SMILES string of the molecule is CC(=O)Oc1cc2c(cc1OC(C)=O)Cc1cc(OC(C)=O)c(OC(C)=O)cc1Cc1cc(OC(C)=O)c(OC(C)=O)cc1C2. The highest BCUT2D eigenvalue weighted by Gasteiger charge is 2.25. The Labute approximate surface area is 258 Å². The first-order valence-corrected chi connectivity index (χ1v) is 13.8. The molecule has 3 aromatic carbocycles. The fourth-order valence-electron chi connectivity index (χ4n) is 4.94. The number of benzene rings is 3. The van der Waals surface area contributed by atoms with E-state index in [0.717, 1.165) is 0 Å². The predicted octanol–water partition coefficient (Wildman–Crippen LogP) is 4.32. The van der Waals surface area contributed by atoms with Crippen LogP contribution < -0.4 is 28.4 Å². The lowest BCUT2D eigenvalue weighted by Gasteiger charge is -2.17. The molecular weight excluding hydrogens is 588 g/mol. The summed E-state index contributed by atoms with van der Waals surface area (Å²) in [6.07, 6.45) is 0.653. The van der Waals surface area contributed by atoms with Crippen LogP contribution in [-0.2, 0) is 48.0 Å². The molecule has 0 N–H and O–H groups in total. The Balaban J connectivity index is 2.04. The Hall–Kier alpha value is -5.52. The van der Waals surface area contributed by atoms with Crippen LogP contribution in [0.15, 0.2) is 36.4 Å². The van der Waals surface area contributed by atoms with Crippen molar-refractivity contribution in [3.63, 3.8) is 0 Å². The van der Waals surface area contributed by atoms with Crippen molar-refractivity contribution >= 4 is 35.8 Å². The quantitative estimate of drug-likeness (QED) is 0.223. The minimum atomic E-state index is -0.635. The van der Waals surface area contributed by atoms with Gasteiger partial charge in [-0.25, -0.2) is 0 Å². The third-order valence-corrected chi connectivity index (χ3v) is 6.46. The number of rotatable bonds is 6. The minimum Gasteiger partial charge on any atom is -0.423 e. The van der Waals surface area contributed by atoms with E-state index in [1.807, 2.05) is 0 Å². The average Bonchev–Trinajstić information content (AvgIpc) is 2.94. The third-order valence-electron chi connectivity index (χ3n) is 6.46. The highest BCUT2D eigenvalue weighted by molar-refractivity contribution is 5.77. The number of hydrogen-bond acceptors (Lipinski definition) is 12. The average molecular weight is 619 g/mol. The molecule has 12 nitrogen and oxygen atoms in total. The van der Waals surface area contributed by atoms with E-state index in [-0.39, 0.29) is 53.8 Å². The molecule has 0 saturated heterocycles. The molecule has 0 unspecified atom stereocenters. The van der Waals surface area contributed by atoms with E-state index >= 15 is 0 Å². The standard InChI is InChI=1S/C33H30O12/c1-16(34)40-28-10-22-7-24-12-30(42-18(3)36)32(44-20(5)38)14-26(24)9-27-15-33(45-21(6)39)31(43-19(4)37)13-25(27)8-23(22)11-29(28)41-17(2)35/h10-15H,7-9H2,1-6H3. The minimum absolute atomic E-state index is 0.0139. The summed E-state index contributed by atoms with van der Waals surface area (Å²) in [4.78, 5) is 71.6. The molecule has 3 aromatic rings. The summed E-state index contributed by atoms with van der Waals surface area (Å²) < 4.78 is 32.3. The maximum atomic E-state index is 11.9. The molecule has 1 aliphatic rings. The van der Waals surface area contributed by atoms with E-state index < -0.39 is 35.8 Å². The first kappa shape index (κ1) is 32.4. The molecule has 234 valence electrons. The van der Waals surface area contributed by atoms with Crippen LogP contribution in [0.3, 0.4) is 0 Å². The van der Waals surface area contributed by atoms with Gasteiger partial charge < -0.3 is 28.4 Å². The van der Waals surface area contributed by atoms with E-state index in [4.69, 9.17) is 28.4 Å². The number of esters is 6. The normalized spacial score (nSPS) is 11.6. The van der Waals surface area contributed by atoms with Gasteiger partial charge in [0, 0.05) is 41.5 Å². The Bertz CT molecular complexity index is 1420. The molecule has 0 saturated carbocycles. The third kappa shape index (κ3) is 8.31. The van der Waals surface area contributed by atoms with E-state index in [0.29, 0.717) is 33.4 Å². The molecule has 4 rings (SSSR count). The second-order valence-corrected chi connectivity index (χ2v) is 10.3. The molecule has 12 heteroatoms. The summed E-state index contributed by atoms with van der Waals surface area (Å²) in [5.74, 6) is -3.73. The molecule has 0 atom stereocenters. The van der Waals surface area contributed by atoms with E-state index in [9.17, 15) is 28.8 Å². The van der Waals surface area contributed by atoms with Crippen LogP contribution in [-0.4, -0.2) is 35.8 Å². The van der Waals surface area contributed by atoms with E-state index in [1.54, 1.807) is 36.4 Å². The topological polar surface area (TPSA) is 158 Å². The van der Waals surface area contributed by atoms with Gasteiger partial charge in [0.05, 0.1) is 0 Å². The number of carbonyl (C=O) groups is 6. The molecule has 1 aliphatic carbocycles. The highest BCUT2D eigenvalue weighted by atomic mass is 16.6. The predicted molar refractivity (Wildman–Crippen MR) is 156 cm³/mol. The lowest BCUT2D eigenvalue weighted by atomic mass is 9.94. The van der Waals surface area contributed by atoms with E-state index in [1.165, 1.54) is 41.5 Å². The van der Waals surface area contributed by atoms with Crippen molar-refractivity contribution < 1.29 is 57.2 Å². The maximum absolute atomic E-state index is 11.9. The zero-order valence-corrected chi connectivity index (χ0v) is 25.5. The van der Waals surface area contributed by atoms with Crippen molar-refractivity contribution in [2.45, 2.75) is 60.8 Å². The molecule has 0 radical (unpaired) electrons. The molecule has 0 fully saturated rings. The van der Waals surface area contributed by atoms with Crippen LogP contribution in [0.25, 0.3) is 0 Å². The van der Waals surface area contributed by atoms with Crippen molar-refractivity contribution in [1.29, 1.82) is 0 Å². The van der Waals surface area contributed by atoms with Crippen molar-refractivity contribution in [1.82, 2.24) is 0 Å². The van der Waals surface area contributed by atoms with Gasteiger partial charge in [0.25, 0.3) is 0 Å². The van der Waals surface area contributed by atoms with Crippen LogP contribution in [0.1, 0.15) is 74.9 Å². The van der Waals surface area contributed by atoms with Crippen molar-refractivity contribution in [2.75, 3.05) is 0 Å². The van der Waals surface area contributed by atoms with Crippen LogP contribution in [0.2, 0.25) is 0 Å². The van der Waals surface area contributed by atoms with Crippen molar-refractivity contribution in [3.05, 3.63) is 69.8 Å². The van der Waals surface area contributed by atoms with E-state index in [2.05, 4.69) is 0 Å². The molecule has 0 aliphatic heterocycles. The number of fused-ring (bicyclic) bond motifs is 3. The summed E-state index contributed by atoms with van der Waals surface area (Å²) >= 11 is 0. The van der Waals surface area contributed by atoms with Gasteiger partial charge >= 0.3 is 35.8 Å². The van der Waals surface area contributed by atoms with Gasteiger partial charge in [-0.1, -0.05) is 0 Å². The van der Waals surface area contributed by atoms with Crippen LogP contribution in [0.5, 0.6) is 34.5 Å². The second-order valence-electron chi connectivity index (χ2n) is 10.3. The smallest absolute Gasteiger partial charge is 0.308 e. The summed E-state index contributed by atoms with van der Waals surface area (Å²) in [7, 11) is 0. The van der Waals surface area contributed by atoms with Crippen LogP contribution in [0, 0.1) is 0 Å². The van der Waals surface area contributed by atoms with Gasteiger partial charge in [0.15, 0.2) is 34.5 Å². The molecule has 0 spiro atoms. The fraction of sp³-hybridized carbons (Fsp3) is 0.273. The fourth-order valence-corrected chi connectivity index (χ4v) is 4.94. The number of ether oxygens (including phenoxy) is 6. The van der Waals surface area contributed by atoms with Crippen molar-refractivity contribution in [2.24, 2.45) is 0 Å². The van der Waals surface area contributed by atoms with Crippen LogP contribution in [0.4, 0.5) is 0 Å². The molecule has 0 amide bonds. The summed E-state index contributed by atoms with van der Waals surface area (Å²) in [6.45, 7) is 7.27. The molecule has 45 heavy (non-hydrogen) atoms. The Morgan fingerprint density at radius 3 is 0.578 bits per heavy atom. The summed E-state index contributed by atoms with van der Waals surface area (Å²) in [5, 5.41) is 0. The number of hydrogen-bond donors (Lipinski definition) is 0. The van der Waals surface area contributed by atoms with Crippen molar-refractivity contribution in [3.8, 4) is 34.5 Å². The zero-order chi connectivity index (χ0) is 33.0. The van der Waals surface area contributed by atoms with Gasteiger partial charge in [-0.2, -0.15) is 0 Å². The Kier molecular flexibility index (Phi) is 9.66. The van der Waals surface area contributed by atoms with Gasteiger partial charge in [-0.05, 0) is 89.0 Å². The molecule has 0 aromatic heterocycles.